The van der Waals surface area contributed by atoms with Crippen LogP contribution in [0.2, 0.25) is 0 Å². The Kier molecular flexibility index (Phi) is 7.20. The minimum absolute atomic E-state index is 0.816. The predicted molar refractivity (Wildman–Crippen MR) is 239 cm³/mol. The molecule has 0 spiro atoms. The highest BCUT2D eigenvalue weighted by Gasteiger charge is 2.20. The Hall–Kier alpha value is -7.82. The molecule has 4 nitrogen and oxygen atoms in total. The second-order valence-electron chi connectivity index (χ2n) is 14.8. The summed E-state index contributed by atoms with van der Waals surface area (Å²) in [7, 11) is 0. The van der Waals surface area contributed by atoms with Crippen LogP contribution in [-0.4, -0.2) is 0 Å². The van der Waals surface area contributed by atoms with Gasteiger partial charge in [0.25, 0.3) is 0 Å². The second kappa shape index (κ2) is 12.9. The van der Waals surface area contributed by atoms with Gasteiger partial charge in [-0.1, -0.05) is 121 Å². The summed E-state index contributed by atoms with van der Waals surface area (Å²) < 4.78 is 19.2. The van der Waals surface area contributed by atoms with Gasteiger partial charge < -0.3 is 18.2 Å². The number of furan rings is 3. The van der Waals surface area contributed by atoms with Crippen molar-refractivity contribution in [2.45, 2.75) is 0 Å². The van der Waals surface area contributed by atoms with Crippen molar-refractivity contribution in [2.24, 2.45) is 0 Å². The Morgan fingerprint density at radius 1 is 0.276 bits per heavy atom. The normalized spacial score (nSPS) is 11.8. The number of para-hydroxylation sites is 2. The molecule has 0 atom stereocenters. The molecule has 0 saturated carbocycles. The van der Waals surface area contributed by atoms with E-state index >= 15 is 0 Å². The van der Waals surface area contributed by atoms with Crippen LogP contribution in [0.1, 0.15) is 0 Å². The topological polar surface area (TPSA) is 42.7 Å². The molecule has 4 heteroatoms. The molecule has 0 bridgehead atoms. The molecular weight excluding hydrogens is 711 g/mol. The van der Waals surface area contributed by atoms with Crippen molar-refractivity contribution < 1.29 is 13.3 Å². The number of anilines is 3. The van der Waals surface area contributed by atoms with Crippen molar-refractivity contribution in [3.05, 3.63) is 200 Å². The summed E-state index contributed by atoms with van der Waals surface area (Å²) in [6, 6.07) is 70.3. The summed E-state index contributed by atoms with van der Waals surface area (Å²) in [6.07, 6.45) is 0. The number of nitrogens with zero attached hydrogens (tertiary/aromatic N) is 1. The predicted octanol–water partition coefficient (Wildman–Crippen LogP) is 15.9. The SMILES string of the molecule is c1ccc(-c2ccc(N(c3ccc(-c4ccc5c(c4)oc4ccccc45)cc3)c3ccc(-c4cccc5oc6ccc7c8ccccc8oc7c6c45)cc3)cc2)cc1. The second-order valence-corrected chi connectivity index (χ2v) is 14.8. The van der Waals surface area contributed by atoms with Crippen molar-refractivity contribution in [1.29, 1.82) is 0 Å². The van der Waals surface area contributed by atoms with Gasteiger partial charge in [0.05, 0.1) is 5.39 Å². The fourth-order valence-corrected chi connectivity index (χ4v) is 8.70. The molecule has 3 aromatic heterocycles. The molecule has 9 aromatic carbocycles. The highest BCUT2D eigenvalue weighted by atomic mass is 16.3. The van der Waals surface area contributed by atoms with Crippen LogP contribution < -0.4 is 4.90 Å². The van der Waals surface area contributed by atoms with Crippen molar-refractivity contribution in [2.75, 3.05) is 4.90 Å². The lowest BCUT2D eigenvalue weighted by atomic mass is 9.98. The lowest BCUT2D eigenvalue weighted by Gasteiger charge is -2.26. The van der Waals surface area contributed by atoms with E-state index < -0.39 is 0 Å². The van der Waals surface area contributed by atoms with Crippen LogP contribution in [-0.2, 0) is 0 Å². The maximum atomic E-state index is 6.50. The van der Waals surface area contributed by atoms with E-state index in [4.69, 9.17) is 13.3 Å². The molecule has 0 aliphatic heterocycles. The van der Waals surface area contributed by atoms with Gasteiger partial charge >= 0.3 is 0 Å². The highest BCUT2D eigenvalue weighted by Crippen LogP contribution is 2.44. The first-order valence-corrected chi connectivity index (χ1v) is 19.6. The average molecular weight is 744 g/mol. The van der Waals surface area contributed by atoms with Crippen LogP contribution in [0.25, 0.3) is 99.2 Å². The summed E-state index contributed by atoms with van der Waals surface area (Å²) in [4.78, 5) is 2.32. The zero-order valence-corrected chi connectivity index (χ0v) is 31.2. The maximum absolute atomic E-state index is 6.50. The summed E-state index contributed by atoms with van der Waals surface area (Å²) in [5.41, 5.74) is 15.2. The Morgan fingerprint density at radius 2 is 0.759 bits per heavy atom. The molecule has 0 radical (unpaired) electrons. The number of hydrogen-bond donors (Lipinski definition) is 0. The molecule has 272 valence electrons. The van der Waals surface area contributed by atoms with Gasteiger partial charge in [-0.15, -0.1) is 0 Å². The maximum Gasteiger partial charge on any atom is 0.147 e. The van der Waals surface area contributed by atoms with Gasteiger partial charge in [-0.3, -0.25) is 0 Å². The van der Waals surface area contributed by atoms with Gasteiger partial charge in [0.2, 0.25) is 0 Å². The fourth-order valence-electron chi connectivity index (χ4n) is 8.70. The van der Waals surface area contributed by atoms with Crippen molar-refractivity contribution in [1.82, 2.24) is 0 Å². The van der Waals surface area contributed by atoms with E-state index in [1.807, 2.05) is 30.3 Å². The molecule has 12 rings (SSSR count). The molecular formula is C54H33NO3. The molecule has 0 aliphatic carbocycles. The standard InChI is InChI=1S/C54H33NO3/c1-2-9-34(10-3-1)35-17-24-39(25-18-35)55(40-26-19-36(20-27-40)38-23-30-45-43-11-4-6-14-47(43)56-51(45)33-38)41-28-21-37(22-29-41)42-13-8-16-49-52(42)53-50(57-49)32-31-46-44-12-5-7-15-48(44)58-54(46)53/h1-33H. The summed E-state index contributed by atoms with van der Waals surface area (Å²) in [5, 5.41) is 6.52. The Balaban J connectivity index is 0.953. The van der Waals surface area contributed by atoms with Crippen LogP contribution in [0.15, 0.2) is 213 Å². The van der Waals surface area contributed by atoms with Crippen LogP contribution in [0.4, 0.5) is 17.1 Å². The van der Waals surface area contributed by atoms with Crippen LogP contribution >= 0.6 is 0 Å². The molecule has 58 heavy (non-hydrogen) atoms. The zero-order chi connectivity index (χ0) is 38.2. The van der Waals surface area contributed by atoms with Gasteiger partial charge in [0.15, 0.2) is 0 Å². The number of hydrogen-bond acceptors (Lipinski definition) is 4. The first-order valence-electron chi connectivity index (χ1n) is 19.6. The van der Waals surface area contributed by atoms with Gasteiger partial charge in [-0.25, -0.2) is 0 Å². The molecule has 0 fully saturated rings. The molecule has 0 unspecified atom stereocenters. The molecule has 0 aliphatic rings. The molecule has 12 aromatic rings. The van der Waals surface area contributed by atoms with E-state index in [1.165, 1.54) is 11.1 Å². The molecule has 0 saturated heterocycles. The third-order valence-corrected chi connectivity index (χ3v) is 11.5. The fraction of sp³-hybridized carbons (Fsp3) is 0. The van der Waals surface area contributed by atoms with Crippen molar-refractivity contribution in [3.8, 4) is 33.4 Å². The van der Waals surface area contributed by atoms with E-state index in [1.54, 1.807) is 0 Å². The molecule has 3 heterocycles. The Bertz CT molecular complexity index is 3480. The number of fused-ring (bicyclic) bond motifs is 10. The number of benzene rings is 9. The Labute approximate surface area is 333 Å². The first-order chi connectivity index (χ1) is 28.7. The summed E-state index contributed by atoms with van der Waals surface area (Å²) in [6.45, 7) is 0. The summed E-state index contributed by atoms with van der Waals surface area (Å²) in [5.74, 6) is 0. The third-order valence-electron chi connectivity index (χ3n) is 11.5. The number of rotatable bonds is 6. The third kappa shape index (κ3) is 5.16. The van der Waals surface area contributed by atoms with E-state index in [2.05, 4.69) is 175 Å². The van der Waals surface area contributed by atoms with Gasteiger partial charge in [0.1, 0.15) is 33.5 Å². The van der Waals surface area contributed by atoms with E-state index in [0.29, 0.717) is 0 Å². The van der Waals surface area contributed by atoms with Crippen molar-refractivity contribution in [3.63, 3.8) is 0 Å². The van der Waals surface area contributed by atoms with Crippen LogP contribution in [0.5, 0.6) is 0 Å². The first kappa shape index (κ1) is 32.4. The van der Waals surface area contributed by atoms with Gasteiger partial charge in [-0.2, -0.15) is 0 Å². The van der Waals surface area contributed by atoms with Crippen LogP contribution in [0.3, 0.4) is 0 Å². The van der Waals surface area contributed by atoms with E-state index in [-0.39, 0.29) is 0 Å². The smallest absolute Gasteiger partial charge is 0.147 e. The monoisotopic (exact) mass is 743 g/mol. The average Bonchev–Trinajstić information content (AvgIpc) is 3.98. The molecule has 0 N–H and O–H groups in total. The van der Waals surface area contributed by atoms with Gasteiger partial charge in [-0.05, 0) is 112 Å². The largest absolute Gasteiger partial charge is 0.456 e. The van der Waals surface area contributed by atoms with Gasteiger partial charge in [0, 0.05) is 44.0 Å². The summed E-state index contributed by atoms with van der Waals surface area (Å²) >= 11 is 0. The quantitative estimate of drug-likeness (QED) is 0.170. The minimum Gasteiger partial charge on any atom is -0.456 e. The lowest BCUT2D eigenvalue weighted by molar-refractivity contribution is 0.663. The minimum atomic E-state index is 0.816. The van der Waals surface area contributed by atoms with E-state index in [9.17, 15) is 0 Å². The lowest BCUT2D eigenvalue weighted by Crippen LogP contribution is -2.09. The zero-order valence-electron chi connectivity index (χ0n) is 31.2. The highest BCUT2D eigenvalue weighted by molar-refractivity contribution is 6.24. The molecule has 0 amide bonds. The van der Waals surface area contributed by atoms with Crippen LogP contribution in [0, 0.1) is 0 Å². The van der Waals surface area contributed by atoms with E-state index in [0.717, 1.165) is 105 Å². The Morgan fingerprint density at radius 3 is 1.47 bits per heavy atom. The van der Waals surface area contributed by atoms with Crippen molar-refractivity contribution >= 4 is 82.9 Å².